The summed E-state index contributed by atoms with van der Waals surface area (Å²) in [6.07, 6.45) is 4.90. The van der Waals surface area contributed by atoms with Crippen molar-refractivity contribution in [2.24, 2.45) is 0 Å². The highest BCUT2D eigenvalue weighted by molar-refractivity contribution is 5.87. The molecule has 0 aliphatic carbocycles. The fraction of sp³-hybridized carbons (Fsp3) is 0.316. The lowest BCUT2D eigenvalue weighted by Crippen LogP contribution is -2.49. The number of anilines is 2. The van der Waals surface area contributed by atoms with Gasteiger partial charge in [-0.1, -0.05) is 0 Å². The SMILES string of the molecule is O=C(CNc1c(F)ccc(F)c1F)N[C@@H]1CCCN(c2ncnc3[nH]ccc23)C1. The standard InChI is InChI=1S/C19H19F3N6O/c20-13-3-4-14(21)17(16(13)22)24-8-15(29)27-11-2-1-7-28(9-11)19-12-5-6-23-18(12)25-10-26-19/h3-6,10-11,24H,1-2,7-9H2,(H,27,29)(H,23,25,26)/t11-/m1/s1. The van der Waals surface area contributed by atoms with Gasteiger partial charge in [0.15, 0.2) is 11.6 Å². The minimum atomic E-state index is -1.35. The summed E-state index contributed by atoms with van der Waals surface area (Å²) in [5.41, 5.74) is 0.0887. The predicted molar refractivity (Wildman–Crippen MR) is 102 cm³/mol. The van der Waals surface area contributed by atoms with Gasteiger partial charge in [0.25, 0.3) is 0 Å². The molecule has 29 heavy (non-hydrogen) atoms. The predicted octanol–water partition coefficient (Wildman–Crippen LogP) is 2.57. The zero-order valence-corrected chi connectivity index (χ0v) is 15.4. The molecule has 0 spiro atoms. The van der Waals surface area contributed by atoms with E-state index < -0.39 is 29.0 Å². The Morgan fingerprint density at radius 3 is 2.90 bits per heavy atom. The molecule has 1 aliphatic rings. The largest absolute Gasteiger partial charge is 0.371 e. The number of amides is 1. The summed E-state index contributed by atoms with van der Waals surface area (Å²) in [7, 11) is 0. The van der Waals surface area contributed by atoms with Gasteiger partial charge in [-0.25, -0.2) is 23.1 Å². The molecule has 2 aromatic heterocycles. The third-order valence-electron chi connectivity index (χ3n) is 4.89. The van der Waals surface area contributed by atoms with Gasteiger partial charge in [0.2, 0.25) is 5.91 Å². The highest BCUT2D eigenvalue weighted by atomic mass is 19.2. The van der Waals surface area contributed by atoms with Crippen molar-refractivity contribution in [2.45, 2.75) is 18.9 Å². The van der Waals surface area contributed by atoms with Crippen LogP contribution in [0.5, 0.6) is 0 Å². The maximum Gasteiger partial charge on any atom is 0.239 e. The number of nitrogens with zero attached hydrogens (tertiary/aromatic N) is 3. The summed E-state index contributed by atoms with van der Waals surface area (Å²) in [4.78, 5) is 25.9. The first kappa shape index (κ1) is 19.0. The Balaban J connectivity index is 1.38. The van der Waals surface area contributed by atoms with Crippen LogP contribution in [0.4, 0.5) is 24.7 Å². The van der Waals surface area contributed by atoms with E-state index in [-0.39, 0.29) is 12.6 Å². The van der Waals surface area contributed by atoms with Gasteiger partial charge in [-0.05, 0) is 31.0 Å². The van der Waals surface area contributed by atoms with Crippen LogP contribution in [0.1, 0.15) is 12.8 Å². The lowest BCUT2D eigenvalue weighted by Gasteiger charge is -2.34. The third-order valence-corrected chi connectivity index (χ3v) is 4.89. The fourth-order valence-electron chi connectivity index (χ4n) is 3.53. The monoisotopic (exact) mass is 404 g/mol. The number of H-pyrrole nitrogens is 1. The van der Waals surface area contributed by atoms with Gasteiger partial charge in [-0.3, -0.25) is 4.79 Å². The van der Waals surface area contributed by atoms with Crippen LogP contribution in [0.25, 0.3) is 11.0 Å². The van der Waals surface area contributed by atoms with Gasteiger partial charge in [0.1, 0.15) is 29.3 Å². The molecule has 4 rings (SSSR count). The van der Waals surface area contributed by atoms with Crippen LogP contribution < -0.4 is 15.5 Å². The number of hydrogen-bond acceptors (Lipinski definition) is 5. The van der Waals surface area contributed by atoms with Gasteiger partial charge < -0.3 is 20.5 Å². The second kappa shape index (κ2) is 7.98. The minimum Gasteiger partial charge on any atom is -0.371 e. The van der Waals surface area contributed by atoms with E-state index in [1.807, 2.05) is 6.07 Å². The Hall–Kier alpha value is -3.30. The molecule has 0 radical (unpaired) electrons. The summed E-state index contributed by atoms with van der Waals surface area (Å²) >= 11 is 0. The van der Waals surface area contributed by atoms with Crippen molar-refractivity contribution >= 4 is 28.4 Å². The molecular formula is C19H19F3N6O. The van der Waals surface area contributed by atoms with Crippen LogP contribution in [0, 0.1) is 17.5 Å². The molecule has 1 fully saturated rings. The number of carbonyl (C=O) groups excluding carboxylic acids is 1. The normalized spacial score (nSPS) is 16.8. The maximum atomic E-state index is 13.7. The number of piperidine rings is 1. The molecule has 1 aliphatic heterocycles. The number of aromatic amines is 1. The zero-order valence-electron chi connectivity index (χ0n) is 15.4. The van der Waals surface area contributed by atoms with Crippen LogP contribution in [0.15, 0.2) is 30.7 Å². The van der Waals surface area contributed by atoms with Crippen molar-refractivity contribution in [3.05, 3.63) is 48.2 Å². The van der Waals surface area contributed by atoms with E-state index in [0.717, 1.165) is 42.3 Å². The molecule has 1 aromatic carbocycles. The molecule has 10 heteroatoms. The van der Waals surface area contributed by atoms with E-state index in [9.17, 15) is 18.0 Å². The molecule has 152 valence electrons. The number of nitrogens with one attached hydrogen (secondary N) is 3. The summed E-state index contributed by atoms with van der Waals surface area (Å²) < 4.78 is 40.6. The van der Waals surface area contributed by atoms with Crippen LogP contribution in [0.2, 0.25) is 0 Å². The number of benzene rings is 1. The average molecular weight is 404 g/mol. The number of halogens is 3. The molecule has 1 atom stereocenters. The second-order valence-electron chi connectivity index (χ2n) is 6.86. The topological polar surface area (TPSA) is 85.9 Å². The Morgan fingerprint density at radius 2 is 2.03 bits per heavy atom. The highest BCUT2D eigenvalue weighted by Crippen LogP contribution is 2.25. The first-order chi connectivity index (χ1) is 14.0. The van der Waals surface area contributed by atoms with Crippen LogP contribution in [0.3, 0.4) is 0 Å². The summed E-state index contributed by atoms with van der Waals surface area (Å²) in [6.45, 7) is 0.969. The van der Waals surface area contributed by atoms with E-state index in [4.69, 9.17) is 0 Å². The van der Waals surface area contributed by atoms with Gasteiger partial charge >= 0.3 is 0 Å². The highest BCUT2D eigenvalue weighted by Gasteiger charge is 2.24. The Labute approximate surface area is 164 Å². The molecule has 1 saturated heterocycles. The van der Waals surface area contributed by atoms with Gasteiger partial charge in [0, 0.05) is 25.3 Å². The minimum absolute atomic E-state index is 0.149. The van der Waals surface area contributed by atoms with Gasteiger partial charge in [0.05, 0.1) is 11.9 Å². The molecule has 1 amide bonds. The number of carbonyl (C=O) groups is 1. The smallest absolute Gasteiger partial charge is 0.239 e. The van der Waals surface area contributed by atoms with Crippen molar-refractivity contribution in [3.8, 4) is 0 Å². The zero-order chi connectivity index (χ0) is 20.4. The first-order valence-corrected chi connectivity index (χ1v) is 9.22. The van der Waals surface area contributed by atoms with E-state index in [1.54, 1.807) is 6.20 Å². The van der Waals surface area contributed by atoms with Crippen molar-refractivity contribution < 1.29 is 18.0 Å². The number of hydrogen-bond donors (Lipinski definition) is 3. The number of rotatable bonds is 5. The third kappa shape index (κ3) is 3.96. The van der Waals surface area contributed by atoms with Crippen molar-refractivity contribution in [1.29, 1.82) is 0 Å². The first-order valence-electron chi connectivity index (χ1n) is 9.22. The van der Waals surface area contributed by atoms with E-state index >= 15 is 0 Å². The van der Waals surface area contributed by atoms with Crippen LogP contribution in [-0.2, 0) is 4.79 Å². The fourth-order valence-corrected chi connectivity index (χ4v) is 3.53. The molecule has 0 bridgehead atoms. The molecule has 7 nitrogen and oxygen atoms in total. The van der Waals surface area contributed by atoms with Gasteiger partial charge in [-0.2, -0.15) is 0 Å². The van der Waals surface area contributed by atoms with Crippen LogP contribution in [-0.4, -0.2) is 46.5 Å². The van der Waals surface area contributed by atoms with E-state index in [0.29, 0.717) is 12.6 Å². The van der Waals surface area contributed by atoms with Crippen molar-refractivity contribution in [1.82, 2.24) is 20.3 Å². The second-order valence-corrected chi connectivity index (χ2v) is 6.86. The quantitative estimate of drug-likeness (QED) is 0.569. The maximum absolute atomic E-state index is 13.7. The molecule has 0 saturated carbocycles. The summed E-state index contributed by atoms with van der Waals surface area (Å²) in [5, 5.41) is 6.09. The van der Waals surface area contributed by atoms with Crippen molar-refractivity contribution in [2.75, 3.05) is 29.9 Å². The van der Waals surface area contributed by atoms with E-state index in [1.165, 1.54) is 6.33 Å². The number of fused-ring (bicyclic) bond motifs is 1. The molecule has 3 heterocycles. The average Bonchev–Trinajstić information content (AvgIpc) is 3.20. The lowest BCUT2D eigenvalue weighted by atomic mass is 10.1. The Kier molecular flexibility index (Phi) is 5.24. The Morgan fingerprint density at radius 1 is 1.21 bits per heavy atom. The molecule has 3 aromatic rings. The van der Waals surface area contributed by atoms with E-state index in [2.05, 4.69) is 30.5 Å². The molecular weight excluding hydrogens is 385 g/mol. The molecule has 3 N–H and O–H groups in total. The summed E-state index contributed by atoms with van der Waals surface area (Å²) in [6, 6.07) is 3.26. The number of aromatic nitrogens is 3. The van der Waals surface area contributed by atoms with Crippen LogP contribution >= 0.6 is 0 Å². The van der Waals surface area contributed by atoms with Crippen molar-refractivity contribution in [3.63, 3.8) is 0 Å². The molecule has 0 unspecified atom stereocenters. The van der Waals surface area contributed by atoms with Gasteiger partial charge in [-0.15, -0.1) is 0 Å². The Bertz CT molecular complexity index is 1040. The summed E-state index contributed by atoms with van der Waals surface area (Å²) in [5.74, 6) is -3.13. The lowest BCUT2D eigenvalue weighted by molar-refractivity contribution is -0.120.